The Bertz CT molecular complexity index is 368. The molecule has 0 radical (unpaired) electrons. The summed E-state index contributed by atoms with van der Waals surface area (Å²) in [5.74, 6) is -0.166. The Kier molecular flexibility index (Phi) is 3.85. The topological polar surface area (TPSA) is 53.5 Å². The fourth-order valence-electron chi connectivity index (χ4n) is 1.11. The van der Waals surface area contributed by atoms with E-state index in [4.69, 9.17) is 0 Å². The van der Waals surface area contributed by atoms with E-state index < -0.39 is 0 Å². The van der Waals surface area contributed by atoms with Crippen LogP contribution in [0.2, 0.25) is 0 Å². The number of hydrogen-bond acceptors (Lipinski definition) is 3. The Morgan fingerprint density at radius 3 is 2.27 bits per heavy atom. The van der Waals surface area contributed by atoms with Gasteiger partial charge in [0.05, 0.1) is 5.71 Å². The molecule has 4 heteroatoms. The maximum Gasteiger partial charge on any atom is 0.236 e. The lowest BCUT2D eigenvalue weighted by molar-refractivity contribution is -0.118. The van der Waals surface area contributed by atoms with Gasteiger partial charge in [0.2, 0.25) is 5.91 Å². The first-order chi connectivity index (χ1) is 7.13. The molecule has 4 nitrogen and oxygen atoms in total. The van der Waals surface area contributed by atoms with E-state index in [1.807, 2.05) is 38.2 Å². The number of nitrogens with zero attached hydrogens (tertiary/aromatic N) is 1. The zero-order valence-electron chi connectivity index (χ0n) is 9.16. The average molecular weight is 205 g/mol. The first-order valence-corrected chi connectivity index (χ1v) is 4.72. The highest BCUT2D eigenvalue weighted by Crippen LogP contribution is 2.09. The van der Waals surface area contributed by atoms with Crippen molar-refractivity contribution >= 4 is 17.3 Å². The highest BCUT2D eigenvalue weighted by Gasteiger charge is 1.97. The second-order valence-corrected chi connectivity index (χ2v) is 3.19. The van der Waals surface area contributed by atoms with Crippen LogP contribution in [-0.2, 0) is 4.79 Å². The number of amides is 1. The van der Waals surface area contributed by atoms with E-state index in [2.05, 4.69) is 15.8 Å². The van der Waals surface area contributed by atoms with Gasteiger partial charge >= 0.3 is 0 Å². The van der Waals surface area contributed by atoms with Crippen molar-refractivity contribution < 1.29 is 4.79 Å². The van der Waals surface area contributed by atoms with E-state index in [1.165, 1.54) is 6.92 Å². The zero-order chi connectivity index (χ0) is 11.3. The molecule has 0 aromatic heterocycles. The Morgan fingerprint density at radius 1 is 1.20 bits per heavy atom. The van der Waals surface area contributed by atoms with E-state index in [0.717, 1.165) is 17.0 Å². The summed E-state index contributed by atoms with van der Waals surface area (Å²) < 4.78 is 0. The quantitative estimate of drug-likeness (QED) is 0.581. The van der Waals surface area contributed by atoms with Gasteiger partial charge in [-0.2, -0.15) is 5.10 Å². The third-order valence-electron chi connectivity index (χ3n) is 1.97. The van der Waals surface area contributed by atoms with E-state index in [9.17, 15) is 4.79 Å². The Balaban J connectivity index is 2.77. The summed E-state index contributed by atoms with van der Waals surface area (Å²) in [6.45, 7) is 3.28. The molecule has 0 spiro atoms. The van der Waals surface area contributed by atoms with E-state index in [1.54, 1.807) is 0 Å². The van der Waals surface area contributed by atoms with Gasteiger partial charge in [-0.3, -0.25) is 4.79 Å². The Morgan fingerprint density at radius 2 is 1.80 bits per heavy atom. The number of hydrazone groups is 1. The third kappa shape index (κ3) is 3.42. The Labute approximate surface area is 89.4 Å². The lowest BCUT2D eigenvalue weighted by Crippen LogP contribution is -2.14. The van der Waals surface area contributed by atoms with E-state index >= 15 is 0 Å². The van der Waals surface area contributed by atoms with Gasteiger partial charge in [0, 0.05) is 19.7 Å². The molecule has 0 bridgehead atoms. The first-order valence-electron chi connectivity index (χ1n) is 4.72. The van der Waals surface area contributed by atoms with Crippen molar-refractivity contribution in [3.05, 3.63) is 29.8 Å². The number of benzene rings is 1. The highest BCUT2D eigenvalue weighted by molar-refractivity contribution is 5.99. The van der Waals surface area contributed by atoms with Crippen LogP contribution in [0.5, 0.6) is 0 Å². The molecule has 15 heavy (non-hydrogen) atoms. The molecule has 0 fully saturated rings. The predicted octanol–water partition coefficient (Wildman–Crippen LogP) is 1.59. The van der Waals surface area contributed by atoms with Gasteiger partial charge in [-0.25, -0.2) is 5.43 Å². The van der Waals surface area contributed by atoms with Crippen molar-refractivity contribution in [2.24, 2.45) is 5.10 Å². The molecule has 80 valence electrons. The summed E-state index contributed by atoms with van der Waals surface area (Å²) in [6, 6.07) is 7.82. The SMILES string of the molecule is CNc1ccc(/C(C)=N\NC(C)=O)cc1. The third-order valence-corrected chi connectivity index (χ3v) is 1.97. The molecule has 0 unspecified atom stereocenters. The Hall–Kier alpha value is -1.84. The minimum Gasteiger partial charge on any atom is -0.388 e. The van der Waals surface area contributed by atoms with Gasteiger partial charge in [-0.1, -0.05) is 12.1 Å². The van der Waals surface area contributed by atoms with Gasteiger partial charge in [0.25, 0.3) is 0 Å². The molecular weight excluding hydrogens is 190 g/mol. The summed E-state index contributed by atoms with van der Waals surface area (Å²) in [4.78, 5) is 10.7. The molecule has 0 aliphatic rings. The van der Waals surface area contributed by atoms with Crippen molar-refractivity contribution in [3.8, 4) is 0 Å². The van der Waals surface area contributed by atoms with Crippen LogP contribution in [0.3, 0.4) is 0 Å². The zero-order valence-corrected chi connectivity index (χ0v) is 9.16. The molecule has 1 rings (SSSR count). The normalized spacial score (nSPS) is 11.0. The number of carbonyl (C=O) groups is 1. The van der Waals surface area contributed by atoms with Crippen molar-refractivity contribution in [1.29, 1.82) is 0 Å². The highest BCUT2D eigenvalue weighted by atomic mass is 16.2. The van der Waals surface area contributed by atoms with Crippen molar-refractivity contribution in [2.45, 2.75) is 13.8 Å². The number of anilines is 1. The molecule has 1 aromatic rings. The minimum atomic E-state index is -0.166. The largest absolute Gasteiger partial charge is 0.388 e. The smallest absolute Gasteiger partial charge is 0.236 e. The first kappa shape index (κ1) is 11.2. The van der Waals surface area contributed by atoms with E-state index in [-0.39, 0.29) is 5.91 Å². The fraction of sp³-hybridized carbons (Fsp3) is 0.273. The van der Waals surface area contributed by atoms with Gasteiger partial charge in [-0.05, 0) is 24.6 Å². The molecule has 0 aliphatic carbocycles. The van der Waals surface area contributed by atoms with Crippen LogP contribution in [0.4, 0.5) is 5.69 Å². The maximum absolute atomic E-state index is 10.7. The van der Waals surface area contributed by atoms with Crippen LogP contribution < -0.4 is 10.7 Å². The van der Waals surface area contributed by atoms with Crippen LogP contribution >= 0.6 is 0 Å². The molecule has 1 amide bonds. The summed E-state index contributed by atoms with van der Waals surface area (Å²) in [6.07, 6.45) is 0. The second kappa shape index (κ2) is 5.14. The monoisotopic (exact) mass is 205 g/mol. The minimum absolute atomic E-state index is 0.166. The van der Waals surface area contributed by atoms with Crippen LogP contribution in [0.1, 0.15) is 19.4 Å². The van der Waals surface area contributed by atoms with Gasteiger partial charge < -0.3 is 5.32 Å². The van der Waals surface area contributed by atoms with Gasteiger partial charge in [0.1, 0.15) is 0 Å². The molecule has 0 saturated heterocycles. The fourth-order valence-corrected chi connectivity index (χ4v) is 1.11. The lowest BCUT2D eigenvalue weighted by atomic mass is 10.1. The van der Waals surface area contributed by atoms with Gasteiger partial charge in [-0.15, -0.1) is 0 Å². The van der Waals surface area contributed by atoms with Gasteiger partial charge in [0.15, 0.2) is 0 Å². The molecule has 2 N–H and O–H groups in total. The van der Waals surface area contributed by atoms with Crippen molar-refractivity contribution in [1.82, 2.24) is 5.43 Å². The van der Waals surface area contributed by atoms with Crippen LogP contribution in [0, 0.1) is 0 Å². The van der Waals surface area contributed by atoms with Crippen LogP contribution in [0.15, 0.2) is 29.4 Å². The summed E-state index contributed by atoms with van der Waals surface area (Å²) >= 11 is 0. The molecule has 1 aromatic carbocycles. The predicted molar refractivity (Wildman–Crippen MR) is 62.0 cm³/mol. The summed E-state index contributed by atoms with van der Waals surface area (Å²) in [5.41, 5.74) is 5.23. The standard InChI is InChI=1S/C11H15N3O/c1-8(13-14-9(2)15)10-4-6-11(12-3)7-5-10/h4-7,12H,1-3H3,(H,14,15)/b13-8-. The summed E-state index contributed by atoms with van der Waals surface area (Å²) in [5, 5.41) is 6.98. The van der Waals surface area contributed by atoms with Crippen molar-refractivity contribution in [3.63, 3.8) is 0 Å². The molecule has 0 aliphatic heterocycles. The molecule has 0 saturated carbocycles. The second-order valence-electron chi connectivity index (χ2n) is 3.19. The maximum atomic E-state index is 10.7. The number of rotatable bonds is 3. The number of hydrogen-bond donors (Lipinski definition) is 2. The molecule has 0 heterocycles. The number of carbonyl (C=O) groups excluding carboxylic acids is 1. The molecule has 0 atom stereocenters. The summed E-state index contributed by atoms with van der Waals surface area (Å²) in [7, 11) is 1.87. The van der Waals surface area contributed by atoms with Crippen LogP contribution in [0.25, 0.3) is 0 Å². The molecular formula is C11H15N3O. The van der Waals surface area contributed by atoms with E-state index in [0.29, 0.717) is 0 Å². The van der Waals surface area contributed by atoms with Crippen molar-refractivity contribution in [2.75, 3.05) is 12.4 Å². The average Bonchev–Trinajstić information content (AvgIpc) is 2.26. The van der Waals surface area contributed by atoms with Crippen LogP contribution in [-0.4, -0.2) is 18.7 Å². The lowest BCUT2D eigenvalue weighted by Gasteiger charge is -2.03. The number of nitrogens with one attached hydrogen (secondary N) is 2.